The summed E-state index contributed by atoms with van der Waals surface area (Å²) in [5, 5.41) is 0. The summed E-state index contributed by atoms with van der Waals surface area (Å²) in [5.74, 6) is -0.444. The number of fused-ring (bicyclic) bond motifs is 1. The van der Waals surface area contributed by atoms with Crippen molar-refractivity contribution in [3.63, 3.8) is 0 Å². The fraction of sp³-hybridized carbons (Fsp3) is 0.250. The first-order valence-corrected chi connectivity index (χ1v) is 8.69. The molecule has 2 aromatic carbocycles. The van der Waals surface area contributed by atoms with Gasteiger partial charge in [0.05, 0.1) is 23.4 Å². The van der Waals surface area contributed by atoms with E-state index in [9.17, 15) is 14.4 Å². The topological polar surface area (TPSA) is 92.9 Å². The van der Waals surface area contributed by atoms with E-state index in [0.29, 0.717) is 36.7 Å². The number of carbonyl (C=O) groups is 3. The lowest BCUT2D eigenvalue weighted by molar-refractivity contribution is 0.0798. The second-order valence-electron chi connectivity index (χ2n) is 6.15. The molecule has 3 rings (SSSR count). The maximum atomic E-state index is 12.8. The number of nitrogens with zero attached hydrogens (tertiary/aromatic N) is 2. The molecule has 0 spiro atoms. The number of imide groups is 1. The van der Waals surface area contributed by atoms with E-state index in [1.807, 2.05) is 6.92 Å². The molecular weight excluding hydrogens is 346 g/mol. The average Bonchev–Trinajstić information content (AvgIpc) is 2.92. The van der Waals surface area contributed by atoms with Crippen LogP contribution in [0, 0.1) is 0 Å². The molecule has 0 aliphatic carbocycles. The number of likely N-dealkylation sites (N-methyl/N-ethyl adjacent to an activating group) is 1. The molecule has 1 aliphatic heterocycles. The standard InChI is InChI=1S/C20H21N3O4/c1-3-27-15-7-5-14(6-8-15)23-19(25)16-9-4-13(12-17(16)20(23)26)18(24)22(2)11-10-21/h4-9,12H,3,10-11,21H2,1-2H3. The zero-order valence-electron chi connectivity index (χ0n) is 15.3. The van der Waals surface area contributed by atoms with Gasteiger partial charge in [-0.05, 0) is 49.4 Å². The second kappa shape index (κ2) is 7.59. The molecule has 0 bridgehead atoms. The van der Waals surface area contributed by atoms with Gasteiger partial charge in [0.1, 0.15) is 5.75 Å². The smallest absolute Gasteiger partial charge is 0.266 e. The molecule has 0 radical (unpaired) electrons. The Balaban J connectivity index is 1.90. The van der Waals surface area contributed by atoms with Crippen LogP contribution in [0.1, 0.15) is 38.0 Å². The number of carbonyl (C=O) groups excluding carboxylic acids is 3. The number of anilines is 1. The van der Waals surface area contributed by atoms with Gasteiger partial charge < -0.3 is 15.4 Å². The molecule has 0 fully saturated rings. The van der Waals surface area contributed by atoms with Crippen molar-refractivity contribution < 1.29 is 19.1 Å². The van der Waals surface area contributed by atoms with Gasteiger partial charge >= 0.3 is 0 Å². The van der Waals surface area contributed by atoms with Gasteiger partial charge in [0.25, 0.3) is 17.7 Å². The summed E-state index contributed by atoms with van der Waals surface area (Å²) in [6.45, 7) is 3.15. The molecule has 3 amide bonds. The molecule has 1 heterocycles. The van der Waals surface area contributed by atoms with Gasteiger partial charge in [-0.2, -0.15) is 0 Å². The van der Waals surface area contributed by atoms with Crippen LogP contribution in [0.5, 0.6) is 5.75 Å². The van der Waals surface area contributed by atoms with Gasteiger partial charge in [0, 0.05) is 25.7 Å². The number of nitrogens with two attached hydrogens (primary N) is 1. The van der Waals surface area contributed by atoms with Gasteiger partial charge in [0.2, 0.25) is 0 Å². The number of rotatable bonds is 6. The van der Waals surface area contributed by atoms with Crippen LogP contribution in [0.4, 0.5) is 5.69 Å². The van der Waals surface area contributed by atoms with E-state index >= 15 is 0 Å². The Bertz CT molecular complexity index is 893. The predicted molar refractivity (Wildman–Crippen MR) is 101 cm³/mol. The molecule has 27 heavy (non-hydrogen) atoms. The van der Waals surface area contributed by atoms with Crippen molar-refractivity contribution in [2.24, 2.45) is 5.73 Å². The molecule has 2 N–H and O–H groups in total. The summed E-state index contributed by atoms with van der Waals surface area (Å²) in [5.41, 5.74) is 6.79. The minimum atomic E-state index is -0.449. The first-order chi connectivity index (χ1) is 13.0. The van der Waals surface area contributed by atoms with E-state index in [2.05, 4.69) is 0 Å². The monoisotopic (exact) mass is 367 g/mol. The summed E-state index contributed by atoms with van der Waals surface area (Å²) in [6, 6.07) is 11.3. The Labute approximate surface area is 157 Å². The molecule has 0 saturated heterocycles. The predicted octanol–water partition coefficient (Wildman–Crippen LogP) is 1.92. The van der Waals surface area contributed by atoms with Crippen LogP contribution in [-0.2, 0) is 0 Å². The lowest BCUT2D eigenvalue weighted by Crippen LogP contribution is -2.31. The van der Waals surface area contributed by atoms with Crippen molar-refractivity contribution in [2.45, 2.75) is 6.92 Å². The van der Waals surface area contributed by atoms with Crippen molar-refractivity contribution in [3.05, 3.63) is 59.2 Å². The van der Waals surface area contributed by atoms with E-state index < -0.39 is 11.8 Å². The second-order valence-corrected chi connectivity index (χ2v) is 6.15. The van der Waals surface area contributed by atoms with E-state index in [1.165, 1.54) is 17.0 Å². The summed E-state index contributed by atoms with van der Waals surface area (Å²) >= 11 is 0. The quantitative estimate of drug-likeness (QED) is 0.788. The Hall–Kier alpha value is -3.19. The van der Waals surface area contributed by atoms with Gasteiger partial charge in [-0.1, -0.05) is 0 Å². The SMILES string of the molecule is CCOc1ccc(N2C(=O)c3ccc(C(=O)N(C)CCN)cc3C2=O)cc1. The normalized spacial score (nSPS) is 12.9. The molecular formula is C20H21N3O4. The Morgan fingerprint density at radius 2 is 1.74 bits per heavy atom. The maximum Gasteiger partial charge on any atom is 0.266 e. The van der Waals surface area contributed by atoms with E-state index in [-0.39, 0.29) is 17.0 Å². The summed E-state index contributed by atoms with van der Waals surface area (Å²) in [7, 11) is 1.64. The number of benzene rings is 2. The van der Waals surface area contributed by atoms with Crippen molar-refractivity contribution in [3.8, 4) is 5.75 Å². The molecule has 7 heteroatoms. The van der Waals surface area contributed by atoms with Crippen molar-refractivity contribution >= 4 is 23.4 Å². The minimum absolute atomic E-state index is 0.223. The zero-order valence-corrected chi connectivity index (χ0v) is 15.3. The minimum Gasteiger partial charge on any atom is -0.494 e. The third-order valence-electron chi connectivity index (χ3n) is 4.35. The van der Waals surface area contributed by atoms with Gasteiger partial charge in [-0.15, -0.1) is 0 Å². The number of ether oxygens (including phenoxy) is 1. The molecule has 1 aliphatic rings. The third-order valence-corrected chi connectivity index (χ3v) is 4.35. The highest BCUT2D eigenvalue weighted by molar-refractivity contribution is 6.34. The highest BCUT2D eigenvalue weighted by Crippen LogP contribution is 2.30. The fourth-order valence-corrected chi connectivity index (χ4v) is 2.98. The van der Waals surface area contributed by atoms with E-state index in [4.69, 9.17) is 10.5 Å². The first-order valence-electron chi connectivity index (χ1n) is 8.69. The van der Waals surface area contributed by atoms with Crippen LogP contribution < -0.4 is 15.4 Å². The molecule has 0 atom stereocenters. The molecule has 140 valence electrons. The molecule has 0 aromatic heterocycles. The largest absolute Gasteiger partial charge is 0.494 e. The van der Waals surface area contributed by atoms with Crippen LogP contribution in [0.25, 0.3) is 0 Å². The fourth-order valence-electron chi connectivity index (χ4n) is 2.98. The number of amides is 3. The molecule has 0 saturated carbocycles. The van der Waals surface area contributed by atoms with Crippen LogP contribution >= 0.6 is 0 Å². The zero-order chi connectivity index (χ0) is 19.6. The van der Waals surface area contributed by atoms with Crippen molar-refractivity contribution in [2.75, 3.05) is 31.6 Å². The Morgan fingerprint density at radius 3 is 2.37 bits per heavy atom. The number of hydrogen-bond donors (Lipinski definition) is 1. The highest BCUT2D eigenvalue weighted by atomic mass is 16.5. The first kappa shape index (κ1) is 18.6. The Morgan fingerprint density at radius 1 is 1.07 bits per heavy atom. The summed E-state index contributed by atoms with van der Waals surface area (Å²) in [6.07, 6.45) is 0. The maximum absolute atomic E-state index is 12.8. The Kier molecular flexibility index (Phi) is 5.23. The van der Waals surface area contributed by atoms with Gasteiger partial charge in [-0.3, -0.25) is 14.4 Å². The van der Waals surface area contributed by atoms with E-state index in [0.717, 1.165) is 4.90 Å². The van der Waals surface area contributed by atoms with Crippen LogP contribution in [0.3, 0.4) is 0 Å². The van der Waals surface area contributed by atoms with Gasteiger partial charge in [0.15, 0.2) is 0 Å². The third kappa shape index (κ3) is 3.41. The van der Waals surface area contributed by atoms with Crippen molar-refractivity contribution in [1.29, 1.82) is 0 Å². The summed E-state index contributed by atoms with van der Waals surface area (Å²) < 4.78 is 5.38. The highest BCUT2D eigenvalue weighted by Gasteiger charge is 2.37. The van der Waals surface area contributed by atoms with E-state index in [1.54, 1.807) is 37.4 Å². The van der Waals surface area contributed by atoms with Crippen LogP contribution in [-0.4, -0.2) is 49.4 Å². The molecule has 2 aromatic rings. The van der Waals surface area contributed by atoms with Gasteiger partial charge in [-0.25, -0.2) is 4.90 Å². The molecule has 7 nitrogen and oxygen atoms in total. The van der Waals surface area contributed by atoms with Crippen LogP contribution in [0.2, 0.25) is 0 Å². The average molecular weight is 367 g/mol. The van der Waals surface area contributed by atoms with Crippen molar-refractivity contribution in [1.82, 2.24) is 4.90 Å². The summed E-state index contributed by atoms with van der Waals surface area (Å²) in [4.78, 5) is 40.5. The molecule has 0 unspecified atom stereocenters. The van der Waals surface area contributed by atoms with Crippen LogP contribution in [0.15, 0.2) is 42.5 Å². The lowest BCUT2D eigenvalue weighted by Gasteiger charge is -2.16. The lowest BCUT2D eigenvalue weighted by atomic mass is 10.0. The number of hydrogen-bond acceptors (Lipinski definition) is 5.